The third-order valence-corrected chi connectivity index (χ3v) is 3.38. The number of carbonyl (C=O) groups excluding carboxylic acids is 2. The number of unbranched alkanes of at least 4 members (excludes halogenated alkanes) is 1. The highest BCUT2D eigenvalue weighted by molar-refractivity contribution is 6.18. The Balaban J connectivity index is 2.18. The van der Waals surface area contributed by atoms with Crippen molar-refractivity contribution in [2.24, 2.45) is 0 Å². The molecule has 1 fully saturated rings. The molecule has 1 saturated heterocycles. The number of carbonyl (C=O) groups is 2. The summed E-state index contributed by atoms with van der Waals surface area (Å²) in [5.74, 6) is -1.77. The molecule has 0 spiro atoms. The van der Waals surface area contributed by atoms with Gasteiger partial charge in [-0.1, -0.05) is 19.4 Å². The molecule has 0 unspecified atom stereocenters. The number of cyclic esters (lactones) is 2. The van der Waals surface area contributed by atoms with E-state index in [1.807, 2.05) is 19.1 Å². The summed E-state index contributed by atoms with van der Waals surface area (Å²) in [6.45, 7) is 7.74. The topological polar surface area (TPSA) is 61.8 Å². The molecule has 0 aromatic heterocycles. The molecule has 1 aliphatic rings. The van der Waals surface area contributed by atoms with E-state index in [2.05, 4.69) is 6.92 Å². The van der Waals surface area contributed by atoms with Crippen molar-refractivity contribution < 1.29 is 23.8 Å². The van der Waals surface area contributed by atoms with E-state index < -0.39 is 17.7 Å². The van der Waals surface area contributed by atoms with Gasteiger partial charge in [-0.15, -0.1) is 0 Å². The van der Waals surface area contributed by atoms with Gasteiger partial charge in [-0.2, -0.15) is 0 Å². The van der Waals surface area contributed by atoms with Crippen molar-refractivity contribution in [3.63, 3.8) is 0 Å². The Morgan fingerprint density at radius 3 is 2.39 bits per heavy atom. The van der Waals surface area contributed by atoms with Gasteiger partial charge in [0.25, 0.3) is 5.79 Å². The molecule has 0 N–H and O–H groups in total. The molecule has 5 nitrogen and oxygen atoms in total. The summed E-state index contributed by atoms with van der Waals surface area (Å²) in [6, 6.07) is 5.48. The number of hydrogen-bond donors (Lipinski definition) is 0. The van der Waals surface area contributed by atoms with Crippen LogP contribution in [0.3, 0.4) is 0 Å². The monoisotopic (exact) mass is 318 g/mol. The summed E-state index contributed by atoms with van der Waals surface area (Å²) in [6.07, 6.45) is 3.55. The van der Waals surface area contributed by atoms with Crippen LogP contribution in [0.1, 0.15) is 44.7 Å². The summed E-state index contributed by atoms with van der Waals surface area (Å²) >= 11 is 0. The number of aryl methyl sites for hydroxylation is 1. The highest BCUT2D eigenvalue weighted by Gasteiger charge is 2.38. The number of benzene rings is 1. The van der Waals surface area contributed by atoms with Crippen molar-refractivity contribution in [1.29, 1.82) is 0 Å². The lowest BCUT2D eigenvalue weighted by atomic mass is 10.1. The normalized spacial score (nSPS) is 16.6. The minimum atomic E-state index is -1.22. The average Bonchev–Trinajstić information content (AvgIpc) is 2.44. The zero-order chi connectivity index (χ0) is 17.0. The third-order valence-electron chi connectivity index (χ3n) is 3.38. The van der Waals surface area contributed by atoms with E-state index in [9.17, 15) is 9.59 Å². The summed E-state index contributed by atoms with van der Waals surface area (Å²) in [5.41, 5.74) is 1.55. The average molecular weight is 318 g/mol. The van der Waals surface area contributed by atoms with Gasteiger partial charge in [0.15, 0.2) is 0 Å². The number of esters is 2. The standard InChI is InChI=1S/C18H22O5/c1-5-6-9-21-15-8-7-13(10-12(15)2)11-14-16(19)22-18(3,4)23-17(14)20/h7-8,10-11H,5-6,9H2,1-4H3. The summed E-state index contributed by atoms with van der Waals surface area (Å²) < 4.78 is 15.8. The predicted octanol–water partition coefficient (Wildman–Crippen LogP) is 3.39. The molecule has 2 rings (SSSR count). The van der Waals surface area contributed by atoms with Crippen molar-refractivity contribution in [3.05, 3.63) is 34.9 Å². The molecule has 23 heavy (non-hydrogen) atoms. The Hall–Kier alpha value is -2.30. The van der Waals surface area contributed by atoms with E-state index in [0.717, 1.165) is 24.2 Å². The summed E-state index contributed by atoms with van der Waals surface area (Å²) in [5, 5.41) is 0. The molecule has 1 aromatic rings. The minimum Gasteiger partial charge on any atom is -0.493 e. The first-order valence-electron chi connectivity index (χ1n) is 7.74. The molecule has 124 valence electrons. The maximum Gasteiger partial charge on any atom is 0.348 e. The highest BCUT2D eigenvalue weighted by Crippen LogP contribution is 2.26. The largest absolute Gasteiger partial charge is 0.493 e. The molecular weight excluding hydrogens is 296 g/mol. The molecule has 1 aliphatic heterocycles. The van der Waals surface area contributed by atoms with Crippen molar-refractivity contribution in [2.75, 3.05) is 6.61 Å². The lowest BCUT2D eigenvalue weighted by molar-refractivity contribution is -0.222. The maximum atomic E-state index is 11.9. The SMILES string of the molecule is CCCCOc1ccc(C=C2C(=O)OC(C)(C)OC2=O)cc1C. The Labute approximate surface area is 136 Å². The first-order chi connectivity index (χ1) is 10.8. The van der Waals surface area contributed by atoms with Gasteiger partial charge in [-0.3, -0.25) is 0 Å². The second kappa shape index (κ2) is 6.86. The Morgan fingerprint density at radius 2 is 1.83 bits per heavy atom. The van der Waals surface area contributed by atoms with E-state index in [1.165, 1.54) is 19.9 Å². The highest BCUT2D eigenvalue weighted by atomic mass is 16.7. The van der Waals surface area contributed by atoms with Crippen LogP contribution in [0.25, 0.3) is 6.08 Å². The van der Waals surface area contributed by atoms with Gasteiger partial charge >= 0.3 is 11.9 Å². The summed E-state index contributed by atoms with van der Waals surface area (Å²) in [4.78, 5) is 23.9. The molecule has 0 radical (unpaired) electrons. The second-order valence-electron chi connectivity index (χ2n) is 5.96. The summed E-state index contributed by atoms with van der Waals surface area (Å²) in [7, 11) is 0. The minimum absolute atomic E-state index is 0.108. The van der Waals surface area contributed by atoms with Gasteiger partial charge in [-0.25, -0.2) is 9.59 Å². The Kier molecular flexibility index (Phi) is 5.08. The Morgan fingerprint density at radius 1 is 1.17 bits per heavy atom. The molecular formula is C18H22O5. The number of ether oxygens (including phenoxy) is 3. The molecule has 0 atom stereocenters. The van der Waals surface area contributed by atoms with Crippen molar-refractivity contribution in [1.82, 2.24) is 0 Å². The van der Waals surface area contributed by atoms with E-state index in [1.54, 1.807) is 6.07 Å². The van der Waals surface area contributed by atoms with Crippen LogP contribution < -0.4 is 4.74 Å². The quantitative estimate of drug-likeness (QED) is 0.360. The van der Waals surface area contributed by atoms with E-state index in [0.29, 0.717) is 12.2 Å². The van der Waals surface area contributed by atoms with Gasteiger partial charge in [-0.05, 0) is 42.7 Å². The molecule has 0 bridgehead atoms. The van der Waals surface area contributed by atoms with E-state index >= 15 is 0 Å². The molecule has 1 heterocycles. The Bertz CT molecular complexity index is 621. The van der Waals surface area contributed by atoms with E-state index in [-0.39, 0.29) is 5.57 Å². The van der Waals surface area contributed by atoms with Crippen LogP contribution in [-0.4, -0.2) is 24.3 Å². The van der Waals surface area contributed by atoms with Gasteiger partial charge in [0.2, 0.25) is 0 Å². The van der Waals surface area contributed by atoms with Crippen LogP contribution in [0.2, 0.25) is 0 Å². The van der Waals surface area contributed by atoms with Crippen molar-refractivity contribution >= 4 is 18.0 Å². The van der Waals surface area contributed by atoms with Crippen LogP contribution in [-0.2, 0) is 19.1 Å². The van der Waals surface area contributed by atoms with Crippen LogP contribution in [0, 0.1) is 6.92 Å². The first kappa shape index (κ1) is 17.1. The van der Waals surface area contributed by atoms with Crippen LogP contribution in [0.5, 0.6) is 5.75 Å². The predicted molar refractivity (Wildman–Crippen MR) is 85.8 cm³/mol. The van der Waals surface area contributed by atoms with Gasteiger partial charge < -0.3 is 14.2 Å². The lowest BCUT2D eigenvalue weighted by Crippen LogP contribution is -2.41. The van der Waals surface area contributed by atoms with Crippen LogP contribution in [0.4, 0.5) is 0 Å². The lowest BCUT2D eigenvalue weighted by Gasteiger charge is -2.29. The van der Waals surface area contributed by atoms with Gasteiger partial charge in [0.05, 0.1) is 6.61 Å². The van der Waals surface area contributed by atoms with Gasteiger partial charge in [0, 0.05) is 13.8 Å². The van der Waals surface area contributed by atoms with Gasteiger partial charge in [0.1, 0.15) is 11.3 Å². The van der Waals surface area contributed by atoms with E-state index in [4.69, 9.17) is 14.2 Å². The van der Waals surface area contributed by atoms with Crippen LogP contribution >= 0.6 is 0 Å². The first-order valence-corrected chi connectivity index (χ1v) is 7.74. The zero-order valence-corrected chi connectivity index (χ0v) is 14.0. The fourth-order valence-corrected chi connectivity index (χ4v) is 2.20. The third kappa shape index (κ3) is 4.34. The molecule has 5 heteroatoms. The number of hydrogen-bond acceptors (Lipinski definition) is 5. The fourth-order valence-electron chi connectivity index (χ4n) is 2.20. The number of rotatable bonds is 5. The fraction of sp³-hybridized carbons (Fsp3) is 0.444. The second-order valence-corrected chi connectivity index (χ2v) is 5.96. The van der Waals surface area contributed by atoms with Crippen LogP contribution in [0.15, 0.2) is 23.8 Å². The van der Waals surface area contributed by atoms with Crippen molar-refractivity contribution in [3.8, 4) is 5.75 Å². The smallest absolute Gasteiger partial charge is 0.348 e. The molecule has 1 aromatic carbocycles. The molecule has 0 aliphatic carbocycles. The maximum absolute atomic E-state index is 11.9. The zero-order valence-electron chi connectivity index (χ0n) is 14.0. The van der Waals surface area contributed by atoms with Crippen molar-refractivity contribution in [2.45, 2.75) is 46.3 Å². The molecule has 0 saturated carbocycles. The molecule has 0 amide bonds.